The number of allylic oxidation sites excluding steroid dienone is 1. The Morgan fingerprint density at radius 2 is 1.90 bits per heavy atom. The quantitative estimate of drug-likeness (QED) is 0.408. The summed E-state index contributed by atoms with van der Waals surface area (Å²) in [7, 11) is -3.08. The van der Waals surface area contributed by atoms with E-state index in [1.807, 2.05) is 12.1 Å². The van der Waals surface area contributed by atoms with E-state index in [0.29, 0.717) is 13.2 Å². The summed E-state index contributed by atoms with van der Waals surface area (Å²) in [5.74, 6) is 2.59. The molecule has 0 atom stereocenters. The maximum atomic E-state index is 12.1. The van der Waals surface area contributed by atoms with E-state index in [2.05, 4.69) is 0 Å². The first-order valence-corrected chi connectivity index (χ1v) is 9.18. The Labute approximate surface area is 124 Å². The van der Waals surface area contributed by atoms with Gasteiger partial charge in [0.15, 0.2) is 0 Å². The lowest BCUT2D eigenvalue weighted by Crippen LogP contribution is -1.92. The van der Waals surface area contributed by atoms with Gasteiger partial charge in [0.25, 0.3) is 0 Å². The van der Waals surface area contributed by atoms with Crippen molar-refractivity contribution in [1.29, 1.82) is 0 Å². The molecule has 0 saturated heterocycles. The molecule has 0 bridgehead atoms. The second-order valence-corrected chi connectivity index (χ2v) is 6.90. The molecule has 20 heavy (non-hydrogen) atoms. The van der Waals surface area contributed by atoms with E-state index < -0.39 is 7.60 Å². The first-order valence-electron chi connectivity index (χ1n) is 6.58. The smallest absolute Gasteiger partial charge is 0.353 e. The first-order chi connectivity index (χ1) is 9.61. The molecule has 0 amide bonds. The number of aromatic hydroxyl groups is 1. The van der Waals surface area contributed by atoms with E-state index in [0.717, 1.165) is 17.1 Å². The molecule has 0 saturated carbocycles. The molecule has 1 N–H and O–H groups in total. The van der Waals surface area contributed by atoms with Crippen molar-refractivity contribution in [2.24, 2.45) is 0 Å². The van der Waals surface area contributed by atoms with Crippen molar-refractivity contribution in [2.75, 3.05) is 19.0 Å². The SMILES string of the molecule is CCOP(=O)(/C=C/CCSc1ccccc1O)OCC. The molecule has 0 aliphatic carbocycles. The predicted molar refractivity (Wildman–Crippen MR) is 83.4 cm³/mol. The van der Waals surface area contributed by atoms with Crippen LogP contribution in [0.5, 0.6) is 5.75 Å². The molecule has 0 unspecified atom stereocenters. The maximum absolute atomic E-state index is 12.1. The maximum Gasteiger partial charge on any atom is 0.353 e. The third-order valence-electron chi connectivity index (χ3n) is 2.31. The van der Waals surface area contributed by atoms with Crippen LogP contribution >= 0.6 is 19.4 Å². The highest BCUT2D eigenvalue weighted by Crippen LogP contribution is 2.49. The van der Waals surface area contributed by atoms with Crippen molar-refractivity contribution in [3.05, 3.63) is 36.2 Å². The molecule has 6 heteroatoms. The first kappa shape index (κ1) is 17.3. The number of phenols is 1. The van der Waals surface area contributed by atoms with Crippen LogP contribution in [0.3, 0.4) is 0 Å². The Hall–Kier alpha value is -0.740. The topological polar surface area (TPSA) is 55.8 Å². The van der Waals surface area contributed by atoms with Crippen LogP contribution in [-0.4, -0.2) is 24.1 Å². The highest BCUT2D eigenvalue weighted by atomic mass is 32.2. The zero-order valence-corrected chi connectivity index (χ0v) is 13.5. The highest BCUT2D eigenvalue weighted by Gasteiger charge is 2.18. The average Bonchev–Trinajstić information content (AvgIpc) is 2.41. The normalized spacial score (nSPS) is 12.1. The minimum absolute atomic E-state index is 0.288. The van der Waals surface area contributed by atoms with Crippen molar-refractivity contribution < 1.29 is 18.7 Å². The van der Waals surface area contributed by atoms with Crippen LogP contribution in [0.15, 0.2) is 41.1 Å². The molecule has 0 spiro atoms. The number of para-hydroxylation sites is 1. The van der Waals surface area contributed by atoms with Gasteiger partial charge in [0.1, 0.15) is 5.75 Å². The Kier molecular flexibility index (Phi) is 8.00. The van der Waals surface area contributed by atoms with Gasteiger partial charge in [0.2, 0.25) is 0 Å². The Morgan fingerprint density at radius 3 is 2.50 bits per heavy atom. The summed E-state index contributed by atoms with van der Waals surface area (Å²) >= 11 is 1.55. The van der Waals surface area contributed by atoms with E-state index >= 15 is 0 Å². The number of hydrogen-bond acceptors (Lipinski definition) is 5. The Bertz CT molecular complexity index is 466. The van der Waals surface area contributed by atoms with Crippen LogP contribution in [0, 0.1) is 0 Å². The fourth-order valence-corrected chi connectivity index (χ4v) is 3.74. The number of benzene rings is 1. The summed E-state index contributed by atoms with van der Waals surface area (Å²) in [5, 5.41) is 9.61. The molecule has 0 fully saturated rings. The predicted octanol–water partition coefficient (Wildman–Crippen LogP) is 4.65. The van der Waals surface area contributed by atoms with Crippen LogP contribution in [0.1, 0.15) is 20.3 Å². The molecule has 1 rings (SSSR count). The second kappa shape index (κ2) is 9.24. The summed E-state index contributed by atoms with van der Waals surface area (Å²) in [6.45, 7) is 4.28. The minimum atomic E-state index is -3.08. The minimum Gasteiger partial charge on any atom is -0.507 e. The molecular weight excluding hydrogens is 295 g/mol. The van der Waals surface area contributed by atoms with E-state index in [1.54, 1.807) is 43.8 Å². The lowest BCUT2D eigenvalue weighted by molar-refractivity contribution is 0.229. The zero-order valence-electron chi connectivity index (χ0n) is 11.8. The molecule has 0 aliphatic rings. The number of thioether (sulfide) groups is 1. The van der Waals surface area contributed by atoms with E-state index in [9.17, 15) is 9.67 Å². The van der Waals surface area contributed by atoms with E-state index in [-0.39, 0.29) is 5.75 Å². The molecule has 0 radical (unpaired) electrons. The van der Waals surface area contributed by atoms with Gasteiger partial charge < -0.3 is 14.2 Å². The largest absolute Gasteiger partial charge is 0.507 e. The number of phenolic OH excluding ortho intramolecular Hbond substituents is 1. The van der Waals surface area contributed by atoms with E-state index in [1.165, 1.54) is 5.82 Å². The van der Waals surface area contributed by atoms with Gasteiger partial charge in [-0.2, -0.15) is 0 Å². The van der Waals surface area contributed by atoms with Crippen LogP contribution in [0.2, 0.25) is 0 Å². The summed E-state index contributed by atoms with van der Waals surface area (Å²) in [4.78, 5) is 0.846. The van der Waals surface area contributed by atoms with Crippen molar-refractivity contribution in [3.8, 4) is 5.75 Å². The summed E-state index contributed by atoms with van der Waals surface area (Å²) in [6.07, 6.45) is 2.53. The molecule has 4 nitrogen and oxygen atoms in total. The van der Waals surface area contributed by atoms with Crippen LogP contribution in [-0.2, 0) is 13.6 Å². The van der Waals surface area contributed by atoms with Gasteiger partial charge in [0, 0.05) is 16.5 Å². The molecule has 0 aliphatic heterocycles. The lowest BCUT2D eigenvalue weighted by Gasteiger charge is -2.12. The standard InChI is InChI=1S/C14H21O4PS/c1-3-17-19(16,18-4-2)11-7-8-12-20-14-10-6-5-9-13(14)15/h5-7,9-11,15H,3-4,8,12H2,1-2H3/b11-7+. The van der Waals surface area contributed by atoms with Gasteiger partial charge >= 0.3 is 7.60 Å². The third-order valence-corrected chi connectivity index (χ3v) is 5.22. The van der Waals surface area contributed by atoms with Crippen LogP contribution in [0.25, 0.3) is 0 Å². The van der Waals surface area contributed by atoms with Crippen LogP contribution < -0.4 is 0 Å². The van der Waals surface area contributed by atoms with Gasteiger partial charge in [-0.3, -0.25) is 4.57 Å². The summed E-state index contributed by atoms with van der Waals surface area (Å²) in [6, 6.07) is 7.21. The molecular formula is C14H21O4PS. The van der Waals surface area contributed by atoms with Gasteiger partial charge in [-0.25, -0.2) is 0 Å². The van der Waals surface area contributed by atoms with Gasteiger partial charge in [0.05, 0.1) is 13.2 Å². The van der Waals surface area contributed by atoms with Crippen molar-refractivity contribution in [1.82, 2.24) is 0 Å². The van der Waals surface area contributed by atoms with Gasteiger partial charge in [-0.15, -0.1) is 11.8 Å². The van der Waals surface area contributed by atoms with Crippen LogP contribution in [0.4, 0.5) is 0 Å². The molecule has 1 aromatic carbocycles. The second-order valence-electron chi connectivity index (χ2n) is 3.87. The van der Waals surface area contributed by atoms with Crippen molar-refractivity contribution in [3.63, 3.8) is 0 Å². The third kappa shape index (κ3) is 6.14. The van der Waals surface area contributed by atoms with Crippen molar-refractivity contribution >= 4 is 19.4 Å². The fraction of sp³-hybridized carbons (Fsp3) is 0.429. The van der Waals surface area contributed by atoms with Gasteiger partial charge in [-0.05, 0) is 32.4 Å². The average molecular weight is 316 g/mol. The Balaban J connectivity index is 2.41. The summed E-state index contributed by atoms with van der Waals surface area (Å²) < 4.78 is 22.4. The molecule has 1 aromatic rings. The lowest BCUT2D eigenvalue weighted by atomic mass is 10.3. The Morgan fingerprint density at radius 1 is 1.25 bits per heavy atom. The monoisotopic (exact) mass is 316 g/mol. The number of rotatable bonds is 9. The van der Waals surface area contributed by atoms with Gasteiger partial charge in [-0.1, -0.05) is 18.2 Å². The highest BCUT2D eigenvalue weighted by molar-refractivity contribution is 7.99. The number of hydrogen-bond donors (Lipinski definition) is 1. The summed E-state index contributed by atoms with van der Waals surface area (Å²) in [5.41, 5.74) is 0. The van der Waals surface area contributed by atoms with E-state index in [4.69, 9.17) is 9.05 Å². The zero-order chi connectivity index (χ0) is 14.8. The fourth-order valence-electron chi connectivity index (χ4n) is 1.50. The van der Waals surface area contributed by atoms with Crippen molar-refractivity contribution in [2.45, 2.75) is 25.2 Å². The molecule has 0 heterocycles. The molecule has 112 valence electrons. The molecule has 0 aromatic heterocycles.